The van der Waals surface area contributed by atoms with Crippen LogP contribution in [0.1, 0.15) is 61.9 Å². The van der Waals surface area contributed by atoms with Crippen LogP contribution in [-0.2, 0) is 15.9 Å². The number of carbonyl (C=O) groups excluding carboxylic acids is 1. The zero-order valence-electron chi connectivity index (χ0n) is 17.9. The van der Waals surface area contributed by atoms with Crippen molar-refractivity contribution in [1.82, 2.24) is 0 Å². The van der Waals surface area contributed by atoms with Crippen molar-refractivity contribution in [2.24, 2.45) is 0 Å². The molecule has 31 heavy (non-hydrogen) atoms. The number of rotatable bonds is 6. The molecule has 1 fully saturated rings. The second kappa shape index (κ2) is 9.73. The number of carbonyl (C=O) groups is 1. The number of ether oxygens (including phenoxy) is 3. The minimum absolute atomic E-state index is 0.00218. The summed E-state index contributed by atoms with van der Waals surface area (Å²) in [6.07, 6.45) is 3.20. The van der Waals surface area contributed by atoms with E-state index in [9.17, 15) is 18.0 Å². The highest BCUT2D eigenvalue weighted by molar-refractivity contribution is 5.90. The van der Waals surface area contributed by atoms with Crippen LogP contribution in [0.25, 0.3) is 0 Å². The van der Waals surface area contributed by atoms with E-state index in [-0.39, 0.29) is 41.6 Å². The predicted octanol–water partition coefficient (Wildman–Crippen LogP) is 6.11. The van der Waals surface area contributed by atoms with E-state index in [2.05, 4.69) is 20.1 Å². The van der Waals surface area contributed by atoms with Gasteiger partial charge >= 0.3 is 5.97 Å². The molecule has 0 aromatic heterocycles. The van der Waals surface area contributed by atoms with Crippen LogP contribution in [0.5, 0.6) is 5.75 Å². The van der Waals surface area contributed by atoms with Crippen molar-refractivity contribution in [3.05, 3.63) is 64.7 Å². The Kier molecular flexibility index (Phi) is 7.26. The van der Waals surface area contributed by atoms with Gasteiger partial charge in [0.15, 0.2) is 23.2 Å². The summed E-state index contributed by atoms with van der Waals surface area (Å²) in [5, 5.41) is 0. The van der Waals surface area contributed by atoms with Crippen molar-refractivity contribution in [2.45, 2.75) is 64.6 Å². The van der Waals surface area contributed by atoms with Crippen molar-refractivity contribution < 1.29 is 32.2 Å². The highest BCUT2D eigenvalue weighted by Gasteiger charge is 2.32. The molecule has 2 aliphatic rings. The zero-order valence-corrected chi connectivity index (χ0v) is 17.9. The van der Waals surface area contributed by atoms with E-state index in [1.165, 1.54) is 6.07 Å². The number of benzene rings is 1. The van der Waals surface area contributed by atoms with E-state index in [1.54, 1.807) is 6.92 Å². The largest absolute Gasteiger partial charge is 0.456 e. The van der Waals surface area contributed by atoms with Crippen LogP contribution in [0, 0.1) is 11.6 Å². The fourth-order valence-electron chi connectivity index (χ4n) is 3.69. The van der Waals surface area contributed by atoms with Crippen molar-refractivity contribution in [3.8, 4) is 5.75 Å². The first kappa shape index (κ1) is 23.1. The van der Waals surface area contributed by atoms with Gasteiger partial charge in [-0.3, -0.25) is 0 Å². The third-order valence-corrected chi connectivity index (χ3v) is 5.54. The summed E-state index contributed by atoms with van der Waals surface area (Å²) < 4.78 is 60.2. The van der Waals surface area contributed by atoms with Gasteiger partial charge in [0.2, 0.25) is 5.82 Å². The average molecular weight is 436 g/mol. The minimum Gasteiger partial charge on any atom is -0.456 e. The van der Waals surface area contributed by atoms with Gasteiger partial charge < -0.3 is 14.2 Å². The van der Waals surface area contributed by atoms with Crippen molar-refractivity contribution in [2.75, 3.05) is 6.61 Å². The first-order valence-corrected chi connectivity index (χ1v) is 10.5. The molecule has 7 heteroatoms. The Morgan fingerprint density at radius 3 is 2.61 bits per heavy atom. The summed E-state index contributed by atoms with van der Waals surface area (Å²) in [5.74, 6) is -5.22. The van der Waals surface area contributed by atoms with Gasteiger partial charge in [-0.25, -0.2) is 13.6 Å². The number of esters is 1. The molecule has 0 bridgehead atoms. The second-order valence-corrected chi connectivity index (χ2v) is 7.87. The van der Waals surface area contributed by atoms with Crippen molar-refractivity contribution in [3.63, 3.8) is 0 Å². The van der Waals surface area contributed by atoms with Gasteiger partial charge in [-0.2, -0.15) is 4.39 Å². The lowest BCUT2D eigenvalue weighted by molar-refractivity contribution is -0.0689. The van der Waals surface area contributed by atoms with Gasteiger partial charge in [0.1, 0.15) is 6.10 Å². The molecule has 3 rings (SSSR count). The third-order valence-electron chi connectivity index (χ3n) is 5.54. The Balaban J connectivity index is 1.81. The maximum Gasteiger partial charge on any atom is 0.341 e. The van der Waals surface area contributed by atoms with E-state index in [0.717, 1.165) is 19.3 Å². The minimum atomic E-state index is -1.40. The van der Waals surface area contributed by atoms with Crippen molar-refractivity contribution >= 4 is 5.97 Å². The van der Waals surface area contributed by atoms with Gasteiger partial charge in [-0.1, -0.05) is 33.4 Å². The molecule has 0 N–H and O–H groups in total. The lowest BCUT2D eigenvalue weighted by Crippen LogP contribution is -2.33. The highest BCUT2D eigenvalue weighted by atomic mass is 19.2. The van der Waals surface area contributed by atoms with Crippen LogP contribution < -0.4 is 4.74 Å². The molecule has 0 aliphatic carbocycles. The Labute approximate surface area is 180 Å². The van der Waals surface area contributed by atoms with Crippen LogP contribution in [0.4, 0.5) is 13.2 Å². The van der Waals surface area contributed by atoms with E-state index in [4.69, 9.17) is 14.2 Å². The molecule has 0 saturated carbocycles. The molecule has 1 aromatic rings. The summed E-state index contributed by atoms with van der Waals surface area (Å²) in [7, 11) is 0. The monoisotopic (exact) mass is 436 g/mol. The topological polar surface area (TPSA) is 44.8 Å². The Morgan fingerprint density at radius 1 is 1.26 bits per heavy atom. The smallest absolute Gasteiger partial charge is 0.341 e. The van der Waals surface area contributed by atoms with Crippen molar-refractivity contribution in [1.29, 1.82) is 0 Å². The number of allylic oxidation sites excluding steroid dienone is 3. The van der Waals surface area contributed by atoms with Gasteiger partial charge in [0.25, 0.3) is 0 Å². The summed E-state index contributed by atoms with van der Waals surface area (Å²) in [5.41, 5.74) is 0.0655. The number of hydrogen-bond donors (Lipinski definition) is 0. The summed E-state index contributed by atoms with van der Waals surface area (Å²) in [6.45, 7) is 11.4. The molecule has 2 atom stereocenters. The third kappa shape index (κ3) is 4.87. The van der Waals surface area contributed by atoms with Crippen LogP contribution in [0.15, 0.2) is 42.0 Å². The van der Waals surface area contributed by atoms with Gasteiger partial charge in [0.05, 0.1) is 18.3 Å². The zero-order chi connectivity index (χ0) is 22.7. The van der Waals surface area contributed by atoms with E-state index >= 15 is 0 Å². The molecule has 2 aliphatic heterocycles. The Hall–Kier alpha value is -2.54. The van der Waals surface area contributed by atoms with Gasteiger partial charge in [-0.05, 0) is 42.9 Å². The summed E-state index contributed by atoms with van der Waals surface area (Å²) >= 11 is 0. The average Bonchev–Trinajstić information content (AvgIpc) is 2.76. The lowest BCUT2D eigenvalue weighted by atomic mass is 9.96. The fraction of sp³-hybridized carbons (Fsp3) is 0.458. The molecule has 4 nitrogen and oxygen atoms in total. The number of hydrogen-bond acceptors (Lipinski definition) is 4. The second-order valence-electron chi connectivity index (χ2n) is 7.87. The molecule has 2 heterocycles. The predicted molar refractivity (Wildman–Crippen MR) is 110 cm³/mol. The van der Waals surface area contributed by atoms with Gasteiger partial charge in [-0.15, -0.1) is 0 Å². The van der Waals surface area contributed by atoms with Crippen LogP contribution in [0.3, 0.4) is 0 Å². The van der Waals surface area contributed by atoms with Gasteiger partial charge in [0, 0.05) is 12.0 Å². The molecule has 1 saturated heterocycles. The molecule has 0 radical (unpaired) electrons. The Bertz CT molecular complexity index is 927. The normalized spacial score (nSPS) is 22.4. The molecule has 168 valence electrons. The quantitative estimate of drug-likeness (QED) is 0.505. The van der Waals surface area contributed by atoms with Crippen LogP contribution in [0.2, 0.25) is 0 Å². The first-order chi connectivity index (χ1) is 14.8. The molecular formula is C24H27F3O4. The standard InChI is InChI=1S/C24H27F3O4/c1-5-7-16-8-9-17(12-29-16)30-24(28)18-11-15-10-14(4)22(19(25)13(3)6-2)31-23(15)21(27)20(18)26/h11,16-17H,3-10,12H2,1-2H3/b22-19-. The molecule has 0 amide bonds. The van der Waals surface area contributed by atoms with Crippen LogP contribution in [-0.4, -0.2) is 24.8 Å². The van der Waals surface area contributed by atoms with Crippen LogP contribution >= 0.6 is 0 Å². The van der Waals surface area contributed by atoms with E-state index in [0.29, 0.717) is 12.8 Å². The first-order valence-electron chi connectivity index (χ1n) is 10.5. The Morgan fingerprint density at radius 2 is 2.00 bits per heavy atom. The van der Waals surface area contributed by atoms with E-state index < -0.39 is 40.8 Å². The SMILES string of the molecule is C=C(CC)/C(F)=C1/Oc2c(cc(C(=O)OC3CCC(CCC)OC3)c(F)c2F)CC1=C. The highest BCUT2D eigenvalue weighted by Crippen LogP contribution is 2.39. The fourth-order valence-corrected chi connectivity index (χ4v) is 3.69. The number of fused-ring (bicyclic) bond motifs is 1. The molecule has 0 spiro atoms. The summed E-state index contributed by atoms with van der Waals surface area (Å²) in [6, 6.07) is 1.17. The molecule has 1 aromatic carbocycles. The summed E-state index contributed by atoms with van der Waals surface area (Å²) in [4.78, 5) is 12.5. The molecule has 2 unspecified atom stereocenters. The molecular weight excluding hydrogens is 409 g/mol. The maximum atomic E-state index is 14.7. The number of halogens is 3. The van der Waals surface area contributed by atoms with E-state index in [1.807, 2.05) is 0 Å². The lowest BCUT2D eigenvalue weighted by Gasteiger charge is -2.29. The maximum absolute atomic E-state index is 14.7.